The Morgan fingerprint density at radius 2 is 2.16 bits per heavy atom. The fraction of sp³-hybridized carbons (Fsp3) is 0.500. The number of hydrogen-bond acceptors (Lipinski definition) is 4. The first-order valence-electron chi connectivity index (χ1n) is 6.59. The summed E-state index contributed by atoms with van der Waals surface area (Å²) >= 11 is 0. The van der Waals surface area contributed by atoms with Gasteiger partial charge in [-0.25, -0.2) is 0 Å². The Kier molecular flexibility index (Phi) is 4.63. The molecule has 1 aromatic carbocycles. The number of ether oxygens (including phenoxy) is 1. The minimum atomic E-state index is -0.268. The minimum absolute atomic E-state index is 0.108. The molecule has 5 heteroatoms. The number of amides is 1. The highest BCUT2D eigenvalue weighted by atomic mass is 16.5. The largest absolute Gasteiger partial charge is 0.504 e. The normalized spacial score (nSPS) is 15.4. The maximum absolute atomic E-state index is 12.0. The predicted molar refractivity (Wildman–Crippen MR) is 72.7 cm³/mol. The molecule has 1 aliphatic heterocycles. The van der Waals surface area contributed by atoms with Crippen molar-refractivity contribution in [3.63, 3.8) is 0 Å². The third-order valence-electron chi connectivity index (χ3n) is 3.38. The van der Waals surface area contributed by atoms with Crippen molar-refractivity contribution >= 4 is 5.91 Å². The molecule has 0 aliphatic carbocycles. The van der Waals surface area contributed by atoms with Gasteiger partial charge in [0, 0.05) is 13.1 Å². The molecule has 0 aromatic heterocycles. The van der Waals surface area contributed by atoms with E-state index in [1.807, 2.05) is 0 Å². The molecule has 1 heterocycles. The fourth-order valence-electron chi connectivity index (χ4n) is 2.30. The van der Waals surface area contributed by atoms with Crippen LogP contribution in [0.25, 0.3) is 0 Å². The number of aromatic hydroxyl groups is 1. The van der Waals surface area contributed by atoms with Crippen molar-refractivity contribution in [2.75, 3.05) is 33.3 Å². The summed E-state index contributed by atoms with van der Waals surface area (Å²) in [6.45, 7) is 3.67. The maximum atomic E-state index is 12.0. The molecule has 0 unspecified atom stereocenters. The van der Waals surface area contributed by atoms with E-state index >= 15 is 0 Å². The van der Waals surface area contributed by atoms with E-state index in [-0.39, 0.29) is 17.2 Å². The van der Waals surface area contributed by atoms with Crippen LogP contribution in [0.15, 0.2) is 18.2 Å². The number of carbonyl (C=O) groups is 1. The molecule has 2 rings (SSSR count). The SMILES string of the molecule is COc1cccc(C(=O)NCCN2CCCC2)c1O. The van der Waals surface area contributed by atoms with Crippen molar-refractivity contribution < 1.29 is 14.6 Å². The molecule has 5 nitrogen and oxygen atoms in total. The molecule has 0 spiro atoms. The molecule has 0 atom stereocenters. The van der Waals surface area contributed by atoms with Crippen LogP contribution in [0, 0.1) is 0 Å². The van der Waals surface area contributed by atoms with E-state index in [1.54, 1.807) is 18.2 Å². The zero-order chi connectivity index (χ0) is 13.7. The van der Waals surface area contributed by atoms with Crippen molar-refractivity contribution in [2.45, 2.75) is 12.8 Å². The van der Waals surface area contributed by atoms with Gasteiger partial charge in [0.1, 0.15) is 0 Å². The van der Waals surface area contributed by atoms with Gasteiger partial charge >= 0.3 is 0 Å². The minimum Gasteiger partial charge on any atom is -0.504 e. The van der Waals surface area contributed by atoms with Crippen molar-refractivity contribution in [1.29, 1.82) is 0 Å². The third kappa shape index (κ3) is 3.38. The van der Waals surface area contributed by atoms with E-state index in [2.05, 4.69) is 10.2 Å². The fourth-order valence-corrected chi connectivity index (χ4v) is 2.30. The zero-order valence-electron chi connectivity index (χ0n) is 11.2. The molecule has 104 valence electrons. The number of methoxy groups -OCH3 is 1. The van der Waals surface area contributed by atoms with Crippen LogP contribution >= 0.6 is 0 Å². The molecule has 0 bridgehead atoms. The molecule has 1 amide bonds. The van der Waals surface area contributed by atoms with Crippen molar-refractivity contribution in [3.05, 3.63) is 23.8 Å². The van der Waals surface area contributed by atoms with E-state index in [0.717, 1.165) is 19.6 Å². The van der Waals surface area contributed by atoms with Crippen molar-refractivity contribution in [1.82, 2.24) is 10.2 Å². The molecule has 1 saturated heterocycles. The molecular weight excluding hydrogens is 244 g/mol. The number of phenolic OH excluding ortho intramolecular Hbond substituents is 1. The number of likely N-dealkylation sites (tertiary alicyclic amines) is 1. The summed E-state index contributed by atoms with van der Waals surface area (Å²) in [7, 11) is 1.46. The van der Waals surface area contributed by atoms with Gasteiger partial charge < -0.3 is 20.1 Å². The van der Waals surface area contributed by atoms with Gasteiger partial charge in [0.25, 0.3) is 5.91 Å². The Morgan fingerprint density at radius 3 is 2.84 bits per heavy atom. The number of nitrogens with zero attached hydrogens (tertiary/aromatic N) is 1. The lowest BCUT2D eigenvalue weighted by atomic mass is 10.1. The molecule has 0 saturated carbocycles. The Bertz CT molecular complexity index is 442. The Hall–Kier alpha value is -1.75. The van der Waals surface area contributed by atoms with E-state index < -0.39 is 0 Å². The van der Waals surface area contributed by atoms with Gasteiger partial charge in [-0.05, 0) is 38.1 Å². The number of rotatable bonds is 5. The van der Waals surface area contributed by atoms with Gasteiger partial charge in [0.2, 0.25) is 0 Å². The summed E-state index contributed by atoms with van der Waals surface area (Å²) in [6, 6.07) is 4.90. The smallest absolute Gasteiger partial charge is 0.255 e. The Morgan fingerprint density at radius 1 is 1.42 bits per heavy atom. The first-order chi connectivity index (χ1) is 9.22. The molecule has 19 heavy (non-hydrogen) atoms. The van der Waals surface area contributed by atoms with Crippen LogP contribution in [-0.4, -0.2) is 49.2 Å². The van der Waals surface area contributed by atoms with Crippen LogP contribution in [0.3, 0.4) is 0 Å². The second kappa shape index (κ2) is 6.43. The monoisotopic (exact) mass is 264 g/mol. The van der Waals surface area contributed by atoms with E-state index in [0.29, 0.717) is 12.3 Å². The van der Waals surface area contributed by atoms with Gasteiger partial charge in [-0.15, -0.1) is 0 Å². The van der Waals surface area contributed by atoms with Crippen LogP contribution in [-0.2, 0) is 0 Å². The first kappa shape index (κ1) is 13.7. The lowest BCUT2D eigenvalue weighted by Gasteiger charge is -2.15. The lowest BCUT2D eigenvalue weighted by molar-refractivity contribution is 0.0946. The van der Waals surface area contributed by atoms with E-state index in [4.69, 9.17) is 4.74 Å². The highest BCUT2D eigenvalue weighted by Gasteiger charge is 2.15. The maximum Gasteiger partial charge on any atom is 0.255 e. The Labute approximate surface area is 113 Å². The van der Waals surface area contributed by atoms with Gasteiger partial charge in [-0.1, -0.05) is 6.07 Å². The number of para-hydroxylation sites is 1. The standard InChI is InChI=1S/C14H20N2O3/c1-19-12-6-4-5-11(13(12)17)14(18)15-7-10-16-8-2-3-9-16/h4-6,17H,2-3,7-10H2,1H3,(H,15,18). The van der Waals surface area contributed by atoms with Gasteiger partial charge in [-0.3, -0.25) is 4.79 Å². The molecule has 1 fully saturated rings. The third-order valence-corrected chi connectivity index (χ3v) is 3.38. The summed E-state index contributed by atoms with van der Waals surface area (Å²) in [6.07, 6.45) is 2.48. The van der Waals surface area contributed by atoms with Crippen LogP contribution < -0.4 is 10.1 Å². The zero-order valence-corrected chi connectivity index (χ0v) is 11.2. The summed E-state index contributed by atoms with van der Waals surface area (Å²) in [4.78, 5) is 14.3. The van der Waals surface area contributed by atoms with Crippen molar-refractivity contribution in [3.8, 4) is 11.5 Å². The van der Waals surface area contributed by atoms with Crippen LogP contribution in [0.5, 0.6) is 11.5 Å². The molecular formula is C14H20N2O3. The van der Waals surface area contributed by atoms with E-state index in [1.165, 1.54) is 20.0 Å². The van der Waals surface area contributed by atoms with Crippen LogP contribution in [0.2, 0.25) is 0 Å². The summed E-state index contributed by atoms with van der Waals surface area (Å²) in [5.41, 5.74) is 0.251. The van der Waals surface area contributed by atoms with E-state index in [9.17, 15) is 9.90 Å². The predicted octanol–water partition coefficient (Wildman–Crippen LogP) is 1.23. The first-order valence-corrected chi connectivity index (χ1v) is 6.59. The number of nitrogens with one attached hydrogen (secondary N) is 1. The van der Waals surface area contributed by atoms with Crippen LogP contribution in [0.1, 0.15) is 23.2 Å². The van der Waals surface area contributed by atoms with Gasteiger partial charge in [0.15, 0.2) is 11.5 Å². The Balaban J connectivity index is 1.88. The molecule has 2 N–H and O–H groups in total. The number of benzene rings is 1. The second-order valence-electron chi connectivity index (χ2n) is 4.66. The highest BCUT2D eigenvalue weighted by molar-refractivity contribution is 5.97. The molecule has 0 radical (unpaired) electrons. The molecule has 1 aromatic rings. The number of carbonyl (C=O) groups excluding carboxylic acids is 1. The van der Waals surface area contributed by atoms with Crippen molar-refractivity contribution in [2.24, 2.45) is 0 Å². The average molecular weight is 264 g/mol. The second-order valence-corrected chi connectivity index (χ2v) is 4.66. The van der Waals surface area contributed by atoms with Gasteiger partial charge in [0.05, 0.1) is 12.7 Å². The average Bonchev–Trinajstić information content (AvgIpc) is 2.92. The summed E-state index contributed by atoms with van der Waals surface area (Å²) in [5, 5.41) is 12.7. The molecule has 1 aliphatic rings. The highest BCUT2D eigenvalue weighted by Crippen LogP contribution is 2.29. The van der Waals surface area contributed by atoms with Gasteiger partial charge in [-0.2, -0.15) is 0 Å². The number of phenols is 1. The van der Waals surface area contributed by atoms with Crippen LogP contribution in [0.4, 0.5) is 0 Å². The topological polar surface area (TPSA) is 61.8 Å². The summed E-state index contributed by atoms with van der Waals surface area (Å²) < 4.78 is 4.98. The lowest BCUT2D eigenvalue weighted by Crippen LogP contribution is -2.33. The number of hydrogen-bond donors (Lipinski definition) is 2. The summed E-state index contributed by atoms with van der Waals surface area (Å²) in [5.74, 6) is -0.0635. The quantitative estimate of drug-likeness (QED) is 0.839.